The summed E-state index contributed by atoms with van der Waals surface area (Å²) < 4.78 is 16.7. The molecule has 3 heterocycles. The van der Waals surface area contributed by atoms with Gasteiger partial charge >= 0.3 is 0 Å². The van der Waals surface area contributed by atoms with Crippen LogP contribution in [0.5, 0.6) is 5.75 Å². The molecule has 0 saturated heterocycles. The van der Waals surface area contributed by atoms with Gasteiger partial charge in [-0.25, -0.2) is 0 Å². The lowest BCUT2D eigenvalue weighted by Crippen LogP contribution is -2.35. The first-order valence-corrected chi connectivity index (χ1v) is 10.3. The van der Waals surface area contributed by atoms with Crippen LogP contribution >= 0.6 is 0 Å². The number of hydrogen-bond donors (Lipinski definition) is 1. The van der Waals surface area contributed by atoms with Crippen LogP contribution in [0, 0.1) is 0 Å². The van der Waals surface area contributed by atoms with Crippen LogP contribution in [0.4, 0.5) is 0 Å². The van der Waals surface area contributed by atoms with E-state index in [2.05, 4.69) is 58.4 Å². The van der Waals surface area contributed by atoms with Gasteiger partial charge in [-0.2, -0.15) is 0 Å². The van der Waals surface area contributed by atoms with Gasteiger partial charge in [0.2, 0.25) is 0 Å². The maximum Gasteiger partial charge on any atom is 0.129 e. The molecule has 1 atom stereocenters. The molecule has 0 aliphatic carbocycles. The van der Waals surface area contributed by atoms with Crippen LogP contribution in [0.2, 0.25) is 0 Å². The molecule has 0 spiro atoms. The second-order valence-corrected chi connectivity index (χ2v) is 7.76. The Balaban J connectivity index is 1.57. The first kappa shape index (κ1) is 19.0. The number of fused-ring (bicyclic) bond motifs is 3. The number of benzene rings is 2. The zero-order valence-corrected chi connectivity index (χ0v) is 17.4. The van der Waals surface area contributed by atoms with E-state index in [-0.39, 0.29) is 6.04 Å². The Morgan fingerprint density at radius 1 is 1.03 bits per heavy atom. The third-order valence-corrected chi connectivity index (χ3v) is 5.91. The molecule has 5 rings (SSSR count). The lowest BCUT2D eigenvalue weighted by atomic mass is 9.92. The number of aromatic nitrogens is 1. The Morgan fingerprint density at radius 3 is 2.77 bits per heavy atom. The summed E-state index contributed by atoms with van der Waals surface area (Å²) in [5, 5.41) is 1.32. The number of furan rings is 1. The molecule has 0 radical (unpaired) electrons. The molecule has 2 aromatic heterocycles. The highest BCUT2D eigenvalue weighted by molar-refractivity contribution is 5.85. The number of nitrogens with zero attached hydrogens (tertiary/aromatic N) is 1. The van der Waals surface area contributed by atoms with Gasteiger partial charge in [-0.05, 0) is 47.9 Å². The van der Waals surface area contributed by atoms with E-state index in [0.717, 1.165) is 36.8 Å². The van der Waals surface area contributed by atoms with E-state index in [1.54, 1.807) is 14.2 Å². The molecule has 0 amide bonds. The van der Waals surface area contributed by atoms with E-state index in [1.165, 1.54) is 27.7 Å². The molecule has 5 nitrogen and oxygen atoms in total. The Hall–Kier alpha value is -3.02. The number of para-hydroxylation sites is 1. The number of aromatic amines is 1. The summed E-state index contributed by atoms with van der Waals surface area (Å²) in [5.74, 6) is 2.68. The quantitative estimate of drug-likeness (QED) is 0.490. The highest BCUT2D eigenvalue weighted by Gasteiger charge is 2.32. The summed E-state index contributed by atoms with van der Waals surface area (Å²) >= 11 is 0. The maximum atomic E-state index is 6.00. The number of hydrogen-bond acceptors (Lipinski definition) is 4. The van der Waals surface area contributed by atoms with Crippen molar-refractivity contribution in [3.05, 3.63) is 89.0 Å². The molecule has 0 saturated carbocycles. The second kappa shape index (κ2) is 8.01. The van der Waals surface area contributed by atoms with Crippen LogP contribution in [-0.4, -0.2) is 30.6 Å². The van der Waals surface area contributed by atoms with Crippen molar-refractivity contribution in [1.82, 2.24) is 9.88 Å². The summed E-state index contributed by atoms with van der Waals surface area (Å²) in [7, 11) is 3.40. The first-order chi connectivity index (χ1) is 14.8. The molecule has 1 aliphatic rings. The average Bonchev–Trinajstić information content (AvgIpc) is 3.38. The molecular weight excluding hydrogens is 376 g/mol. The smallest absolute Gasteiger partial charge is 0.129 e. The lowest BCUT2D eigenvalue weighted by Gasteiger charge is -2.35. The van der Waals surface area contributed by atoms with Gasteiger partial charge in [0.1, 0.15) is 23.9 Å². The van der Waals surface area contributed by atoms with Crippen molar-refractivity contribution in [2.24, 2.45) is 0 Å². The normalized spacial score (nSPS) is 16.7. The highest BCUT2D eigenvalue weighted by Crippen LogP contribution is 2.39. The van der Waals surface area contributed by atoms with Crippen molar-refractivity contribution in [2.45, 2.75) is 25.6 Å². The van der Waals surface area contributed by atoms with Gasteiger partial charge in [0.25, 0.3) is 0 Å². The minimum absolute atomic E-state index is 0.104. The molecule has 0 unspecified atom stereocenters. The highest BCUT2D eigenvalue weighted by atomic mass is 16.5. The zero-order valence-electron chi connectivity index (χ0n) is 17.4. The van der Waals surface area contributed by atoms with Crippen LogP contribution in [0.25, 0.3) is 10.9 Å². The third-order valence-electron chi connectivity index (χ3n) is 5.91. The van der Waals surface area contributed by atoms with Crippen LogP contribution in [0.3, 0.4) is 0 Å². The van der Waals surface area contributed by atoms with Crippen LogP contribution in [0.1, 0.15) is 34.4 Å². The van der Waals surface area contributed by atoms with E-state index >= 15 is 0 Å². The molecule has 2 aromatic carbocycles. The minimum atomic E-state index is 0.104. The van der Waals surface area contributed by atoms with Crippen molar-refractivity contribution in [3.63, 3.8) is 0 Å². The summed E-state index contributed by atoms with van der Waals surface area (Å²) in [6.07, 6.45) is 1.01. The fourth-order valence-electron chi connectivity index (χ4n) is 4.58. The number of rotatable bonds is 6. The molecule has 4 aromatic rings. The number of nitrogens with one attached hydrogen (secondary N) is 1. The molecule has 1 aliphatic heterocycles. The molecule has 0 fully saturated rings. The number of H-pyrrole nitrogens is 1. The van der Waals surface area contributed by atoms with Gasteiger partial charge in [0.15, 0.2) is 0 Å². The second-order valence-electron chi connectivity index (χ2n) is 7.76. The van der Waals surface area contributed by atoms with E-state index in [4.69, 9.17) is 13.9 Å². The van der Waals surface area contributed by atoms with Gasteiger partial charge in [-0.15, -0.1) is 0 Å². The fourth-order valence-corrected chi connectivity index (χ4v) is 4.58. The molecule has 0 bridgehead atoms. The molecule has 5 heteroatoms. The predicted molar refractivity (Wildman–Crippen MR) is 117 cm³/mol. The van der Waals surface area contributed by atoms with Crippen LogP contribution in [0.15, 0.2) is 65.1 Å². The summed E-state index contributed by atoms with van der Waals surface area (Å²) in [6.45, 7) is 2.18. The molecular formula is C25H26N2O3. The lowest BCUT2D eigenvalue weighted by molar-refractivity contribution is 0.153. The van der Waals surface area contributed by atoms with Crippen LogP contribution in [-0.2, 0) is 24.3 Å². The van der Waals surface area contributed by atoms with Gasteiger partial charge in [0, 0.05) is 30.3 Å². The van der Waals surface area contributed by atoms with Crippen molar-refractivity contribution >= 4 is 10.9 Å². The van der Waals surface area contributed by atoms with Crippen molar-refractivity contribution in [3.8, 4) is 5.75 Å². The van der Waals surface area contributed by atoms with Gasteiger partial charge in [-0.1, -0.05) is 30.3 Å². The topological polar surface area (TPSA) is 50.6 Å². The minimum Gasteiger partial charge on any atom is -0.497 e. The summed E-state index contributed by atoms with van der Waals surface area (Å²) in [5.41, 5.74) is 5.08. The Labute approximate surface area is 176 Å². The number of methoxy groups -OCH3 is 2. The van der Waals surface area contributed by atoms with Gasteiger partial charge < -0.3 is 18.9 Å². The van der Waals surface area contributed by atoms with E-state index in [0.29, 0.717) is 6.61 Å². The Morgan fingerprint density at radius 2 is 1.90 bits per heavy atom. The Kier molecular flexibility index (Phi) is 5.07. The Bertz CT molecular complexity index is 1160. The summed E-state index contributed by atoms with van der Waals surface area (Å²) in [6, 6.07) is 21.1. The van der Waals surface area contributed by atoms with Crippen LogP contribution < -0.4 is 4.74 Å². The SMILES string of the molecule is COCc1ccc(CN2CCc3c([nH]c4ccccc34)[C@H]2c2cccc(OC)c2)o1. The molecule has 154 valence electrons. The molecule has 1 N–H and O–H groups in total. The number of ether oxygens (including phenoxy) is 2. The predicted octanol–water partition coefficient (Wildman–Crippen LogP) is 5.06. The maximum absolute atomic E-state index is 6.00. The van der Waals surface area contributed by atoms with Gasteiger partial charge in [-0.3, -0.25) is 4.90 Å². The van der Waals surface area contributed by atoms with E-state index in [1.807, 2.05) is 12.1 Å². The van der Waals surface area contributed by atoms with Crippen molar-refractivity contribution < 1.29 is 13.9 Å². The standard InChI is InChI=1S/C25H26N2O3/c1-28-16-20-11-10-19(30-20)15-27-13-12-22-21-8-3-4-9-23(21)26-24(22)25(27)17-6-5-7-18(14-17)29-2/h3-11,14,25-26H,12-13,15-16H2,1-2H3/t25-/m1/s1. The summed E-state index contributed by atoms with van der Waals surface area (Å²) in [4.78, 5) is 6.18. The van der Waals surface area contributed by atoms with Crippen molar-refractivity contribution in [2.75, 3.05) is 20.8 Å². The van der Waals surface area contributed by atoms with Crippen molar-refractivity contribution in [1.29, 1.82) is 0 Å². The first-order valence-electron chi connectivity index (χ1n) is 10.3. The van der Waals surface area contributed by atoms with E-state index < -0.39 is 0 Å². The fraction of sp³-hybridized carbons (Fsp3) is 0.280. The molecule has 30 heavy (non-hydrogen) atoms. The monoisotopic (exact) mass is 402 g/mol. The zero-order chi connectivity index (χ0) is 20.5. The third kappa shape index (κ3) is 3.40. The van der Waals surface area contributed by atoms with Gasteiger partial charge in [0.05, 0.1) is 19.7 Å². The average molecular weight is 402 g/mol. The van der Waals surface area contributed by atoms with E-state index in [9.17, 15) is 0 Å². The largest absolute Gasteiger partial charge is 0.497 e.